The van der Waals surface area contributed by atoms with Crippen LogP contribution in [0.25, 0.3) is 0 Å². The quantitative estimate of drug-likeness (QED) is 0.265. The van der Waals surface area contributed by atoms with Gasteiger partial charge in [-0.15, -0.1) is 0 Å². The molecule has 0 bridgehead atoms. The van der Waals surface area contributed by atoms with Crippen LogP contribution in [0, 0.1) is 0 Å². The summed E-state index contributed by atoms with van der Waals surface area (Å²) in [6.45, 7) is 5.67. The molecule has 156 valence electrons. The summed E-state index contributed by atoms with van der Waals surface area (Å²) in [7, 11) is 0. The molecular formula is C23H43N3O. The first kappa shape index (κ1) is 23.9. The minimum Gasteiger partial charge on any atom is -0.337 e. The Balaban J connectivity index is 1.90. The second-order valence-electron chi connectivity index (χ2n) is 7.90. The second kappa shape index (κ2) is 15.9. The average molecular weight is 378 g/mol. The Morgan fingerprint density at radius 3 is 2.15 bits per heavy atom. The monoisotopic (exact) mass is 377 g/mol. The maximum absolute atomic E-state index is 12.3. The topological polar surface area (TPSA) is 58.7 Å². The van der Waals surface area contributed by atoms with E-state index in [1.165, 1.54) is 70.6 Å². The number of nitrogens with zero attached hydrogens (tertiary/aromatic N) is 2. The predicted octanol–water partition coefficient (Wildman–Crippen LogP) is 5.61. The largest absolute Gasteiger partial charge is 0.337 e. The highest BCUT2D eigenvalue weighted by Crippen LogP contribution is 2.12. The number of ketones is 1. The molecule has 27 heavy (non-hydrogen) atoms. The highest BCUT2D eigenvalue weighted by Gasteiger charge is 2.25. The Morgan fingerprint density at radius 2 is 1.56 bits per heavy atom. The van der Waals surface area contributed by atoms with Gasteiger partial charge in [-0.25, -0.2) is 0 Å². The van der Waals surface area contributed by atoms with Crippen LogP contribution in [0.1, 0.15) is 104 Å². The van der Waals surface area contributed by atoms with Gasteiger partial charge in [0.15, 0.2) is 11.6 Å². The summed E-state index contributed by atoms with van der Waals surface area (Å²) in [5.74, 6) is 0.780. The normalized spacial score (nSPS) is 15.5. The molecule has 1 heterocycles. The van der Waals surface area contributed by atoms with Gasteiger partial charge in [-0.2, -0.15) is 0 Å². The van der Waals surface area contributed by atoms with Gasteiger partial charge < -0.3 is 10.6 Å². The lowest BCUT2D eigenvalue weighted by atomic mass is 10.1. The van der Waals surface area contributed by atoms with Gasteiger partial charge in [0, 0.05) is 13.0 Å². The highest BCUT2D eigenvalue weighted by atomic mass is 16.1. The first-order valence-corrected chi connectivity index (χ1v) is 11.4. The van der Waals surface area contributed by atoms with Crippen LogP contribution >= 0.6 is 0 Å². The number of aliphatic imine (C=N–C) groups is 1. The number of carbonyl (C=O) groups excluding carboxylic acids is 1. The first-order valence-electron chi connectivity index (χ1n) is 11.4. The van der Waals surface area contributed by atoms with E-state index < -0.39 is 0 Å². The molecule has 1 rings (SSSR count). The zero-order valence-corrected chi connectivity index (χ0v) is 17.9. The Morgan fingerprint density at radius 1 is 1.00 bits per heavy atom. The molecule has 0 spiro atoms. The summed E-state index contributed by atoms with van der Waals surface area (Å²) in [6.07, 6.45) is 21.8. The van der Waals surface area contributed by atoms with Crippen molar-refractivity contribution in [2.24, 2.45) is 10.7 Å². The van der Waals surface area contributed by atoms with E-state index >= 15 is 0 Å². The van der Waals surface area contributed by atoms with Crippen LogP contribution in [0.4, 0.5) is 0 Å². The summed E-state index contributed by atoms with van der Waals surface area (Å²) in [5, 5.41) is 0. The van der Waals surface area contributed by atoms with Gasteiger partial charge in [0.1, 0.15) is 0 Å². The van der Waals surface area contributed by atoms with Crippen LogP contribution in [-0.2, 0) is 4.79 Å². The van der Waals surface area contributed by atoms with E-state index in [4.69, 9.17) is 5.73 Å². The lowest BCUT2D eigenvalue weighted by Crippen LogP contribution is -2.44. The van der Waals surface area contributed by atoms with Gasteiger partial charge in [-0.3, -0.25) is 9.79 Å². The van der Waals surface area contributed by atoms with Crippen LogP contribution < -0.4 is 5.73 Å². The van der Waals surface area contributed by atoms with Crippen LogP contribution in [0.2, 0.25) is 0 Å². The third-order valence-electron chi connectivity index (χ3n) is 5.28. The van der Waals surface area contributed by atoms with E-state index in [0.29, 0.717) is 18.8 Å². The van der Waals surface area contributed by atoms with Gasteiger partial charge in [-0.1, -0.05) is 70.4 Å². The van der Waals surface area contributed by atoms with Crippen molar-refractivity contribution in [3.8, 4) is 0 Å². The summed E-state index contributed by atoms with van der Waals surface area (Å²) >= 11 is 0. The number of amidine groups is 1. The van der Waals surface area contributed by atoms with E-state index in [-0.39, 0.29) is 11.9 Å². The van der Waals surface area contributed by atoms with Crippen LogP contribution in [-0.4, -0.2) is 35.8 Å². The van der Waals surface area contributed by atoms with Crippen molar-refractivity contribution in [2.45, 2.75) is 110 Å². The molecule has 0 saturated heterocycles. The fourth-order valence-electron chi connectivity index (χ4n) is 3.57. The van der Waals surface area contributed by atoms with Crippen molar-refractivity contribution >= 4 is 11.6 Å². The third kappa shape index (κ3) is 11.3. The molecule has 0 aromatic carbocycles. The number of Topliss-reactive ketones (excluding diaryl/α,β-unsaturated/α-hetero) is 1. The van der Waals surface area contributed by atoms with E-state index in [1.807, 2.05) is 11.8 Å². The molecule has 1 unspecified atom stereocenters. The molecule has 0 aromatic rings. The number of hydrogen-bond donors (Lipinski definition) is 1. The van der Waals surface area contributed by atoms with Crippen molar-refractivity contribution in [2.75, 3.05) is 13.1 Å². The predicted molar refractivity (Wildman–Crippen MR) is 117 cm³/mol. The third-order valence-corrected chi connectivity index (χ3v) is 5.28. The van der Waals surface area contributed by atoms with Crippen molar-refractivity contribution in [3.63, 3.8) is 0 Å². The average Bonchev–Trinajstić information content (AvgIpc) is 3.15. The Bertz CT molecular complexity index is 443. The van der Waals surface area contributed by atoms with E-state index in [1.54, 1.807) is 0 Å². The fraction of sp³-hybridized carbons (Fsp3) is 0.826. The maximum atomic E-state index is 12.3. The molecule has 0 radical (unpaired) electrons. The smallest absolute Gasteiger partial charge is 0.197 e. The van der Waals surface area contributed by atoms with Crippen molar-refractivity contribution in [3.05, 3.63) is 12.2 Å². The number of carbonyl (C=O) groups is 1. The molecule has 1 aliphatic heterocycles. The highest BCUT2D eigenvalue weighted by molar-refractivity contribution is 6.39. The standard InChI is InChI=1S/C23H43N3O/c1-3-4-5-6-7-8-9-10-11-12-13-14-15-16-17-18-22(27)23-25-19-20-26(23)21(2)24/h10-11,21H,3-9,12-20,24H2,1-2H3. The molecule has 1 atom stereocenters. The van der Waals surface area contributed by atoms with Crippen molar-refractivity contribution in [1.29, 1.82) is 0 Å². The van der Waals surface area contributed by atoms with Gasteiger partial charge in [0.25, 0.3) is 0 Å². The number of nitrogens with two attached hydrogens (primary N) is 1. The minimum absolute atomic E-state index is 0.121. The minimum atomic E-state index is -0.121. The Hall–Kier alpha value is -1.16. The molecule has 2 N–H and O–H groups in total. The van der Waals surface area contributed by atoms with Gasteiger partial charge in [0.05, 0.1) is 12.7 Å². The van der Waals surface area contributed by atoms with Crippen LogP contribution in [0.15, 0.2) is 17.1 Å². The molecule has 0 aliphatic carbocycles. The molecule has 0 amide bonds. The van der Waals surface area contributed by atoms with E-state index in [0.717, 1.165) is 19.4 Å². The molecule has 1 aliphatic rings. The zero-order valence-electron chi connectivity index (χ0n) is 17.9. The molecule has 4 nitrogen and oxygen atoms in total. The second-order valence-corrected chi connectivity index (χ2v) is 7.90. The van der Waals surface area contributed by atoms with Crippen molar-refractivity contribution in [1.82, 2.24) is 4.90 Å². The molecule has 0 saturated carbocycles. The lowest BCUT2D eigenvalue weighted by molar-refractivity contribution is -0.113. The fourth-order valence-corrected chi connectivity index (χ4v) is 3.57. The number of unbranched alkanes of at least 4 members (excludes halogenated alkanes) is 11. The summed E-state index contributed by atoms with van der Waals surface area (Å²) in [6, 6.07) is 0. The maximum Gasteiger partial charge on any atom is 0.197 e. The van der Waals surface area contributed by atoms with Crippen LogP contribution in [0.3, 0.4) is 0 Å². The van der Waals surface area contributed by atoms with Gasteiger partial charge >= 0.3 is 0 Å². The molecule has 4 heteroatoms. The molecular weight excluding hydrogens is 334 g/mol. The summed E-state index contributed by atoms with van der Waals surface area (Å²) < 4.78 is 0. The lowest BCUT2D eigenvalue weighted by Gasteiger charge is -2.23. The number of allylic oxidation sites excluding steroid dienone is 2. The SMILES string of the molecule is CCCCCCCCC=CCCCCCCCC(=O)C1=NCCN1C(C)N. The zero-order chi connectivity index (χ0) is 19.7. The molecule has 0 fully saturated rings. The number of rotatable bonds is 17. The Kier molecular flexibility index (Phi) is 14.0. The van der Waals surface area contributed by atoms with Gasteiger partial charge in [-0.05, 0) is 39.0 Å². The molecule has 0 aromatic heterocycles. The number of hydrogen-bond acceptors (Lipinski definition) is 4. The van der Waals surface area contributed by atoms with E-state index in [2.05, 4.69) is 24.1 Å². The van der Waals surface area contributed by atoms with Crippen LogP contribution in [0.5, 0.6) is 0 Å². The summed E-state index contributed by atoms with van der Waals surface area (Å²) in [4.78, 5) is 18.5. The first-order chi connectivity index (χ1) is 13.2. The van der Waals surface area contributed by atoms with Gasteiger partial charge in [0.2, 0.25) is 0 Å². The van der Waals surface area contributed by atoms with Crippen molar-refractivity contribution < 1.29 is 4.79 Å². The Labute approximate surface area is 167 Å². The summed E-state index contributed by atoms with van der Waals surface area (Å²) in [5.41, 5.74) is 5.90. The van der Waals surface area contributed by atoms with E-state index in [9.17, 15) is 4.79 Å².